The summed E-state index contributed by atoms with van der Waals surface area (Å²) in [6, 6.07) is 9.96. The lowest BCUT2D eigenvalue weighted by molar-refractivity contribution is -0.114. The van der Waals surface area contributed by atoms with Gasteiger partial charge in [-0.15, -0.1) is 11.3 Å². The average Bonchev–Trinajstić information content (AvgIpc) is 3.16. The molecule has 1 aromatic carbocycles. The molecule has 0 radical (unpaired) electrons. The third-order valence-corrected chi connectivity index (χ3v) is 3.86. The van der Waals surface area contributed by atoms with E-state index in [1.54, 1.807) is 4.68 Å². The summed E-state index contributed by atoms with van der Waals surface area (Å²) in [7, 11) is 1.89. The van der Waals surface area contributed by atoms with Crippen LogP contribution in [0.5, 0.6) is 0 Å². The molecule has 0 saturated heterocycles. The molecule has 2 heterocycles. The normalized spacial score (nSPS) is 10.6. The van der Waals surface area contributed by atoms with Crippen molar-refractivity contribution in [1.29, 1.82) is 0 Å². The molecule has 0 saturated carbocycles. The van der Waals surface area contributed by atoms with Crippen molar-refractivity contribution in [3.8, 4) is 22.5 Å². The van der Waals surface area contributed by atoms with Crippen molar-refractivity contribution in [3.05, 3.63) is 41.9 Å². The number of nitrogens with one attached hydrogen (secondary N) is 1. The molecule has 112 valence electrons. The van der Waals surface area contributed by atoms with Crippen molar-refractivity contribution in [3.63, 3.8) is 0 Å². The molecule has 0 bridgehead atoms. The van der Waals surface area contributed by atoms with Gasteiger partial charge in [0.1, 0.15) is 0 Å². The molecule has 0 spiro atoms. The highest BCUT2D eigenvalue weighted by atomic mass is 32.1. The Morgan fingerprint density at radius 1 is 1.32 bits per heavy atom. The third kappa shape index (κ3) is 3.05. The zero-order valence-electron chi connectivity index (χ0n) is 12.0. The van der Waals surface area contributed by atoms with E-state index in [0.717, 1.165) is 22.5 Å². The van der Waals surface area contributed by atoms with Crippen molar-refractivity contribution in [2.45, 2.75) is 0 Å². The van der Waals surface area contributed by atoms with Gasteiger partial charge in [0.25, 0.3) is 0 Å². The first-order valence-electron chi connectivity index (χ1n) is 6.71. The Hall–Kier alpha value is -2.51. The van der Waals surface area contributed by atoms with E-state index in [-0.39, 0.29) is 12.5 Å². The van der Waals surface area contributed by atoms with Crippen LogP contribution in [0, 0.1) is 0 Å². The van der Waals surface area contributed by atoms with E-state index >= 15 is 0 Å². The molecule has 7 heteroatoms. The summed E-state index contributed by atoms with van der Waals surface area (Å²) in [5.74, 6) is -0.247. The van der Waals surface area contributed by atoms with Crippen LogP contribution < -0.4 is 11.1 Å². The quantitative estimate of drug-likeness (QED) is 0.772. The standard InChI is InChI=1S/C15H15N5OS/c1-20-6-5-12(19-20)10-3-2-4-11(7-10)13-9-22-15(17-13)18-14(21)8-16/h2-7,9H,8,16H2,1H3,(H,17,18,21). The maximum absolute atomic E-state index is 11.3. The average molecular weight is 313 g/mol. The second-order valence-corrected chi connectivity index (χ2v) is 5.60. The van der Waals surface area contributed by atoms with Crippen LogP contribution in [0.2, 0.25) is 0 Å². The zero-order valence-corrected chi connectivity index (χ0v) is 12.8. The van der Waals surface area contributed by atoms with E-state index in [0.29, 0.717) is 5.13 Å². The third-order valence-electron chi connectivity index (χ3n) is 3.10. The van der Waals surface area contributed by atoms with Crippen molar-refractivity contribution in [2.75, 3.05) is 11.9 Å². The molecular formula is C15H15N5OS. The van der Waals surface area contributed by atoms with E-state index in [4.69, 9.17) is 5.73 Å². The largest absolute Gasteiger partial charge is 0.322 e. The highest BCUT2D eigenvalue weighted by molar-refractivity contribution is 7.14. The van der Waals surface area contributed by atoms with Gasteiger partial charge >= 0.3 is 0 Å². The van der Waals surface area contributed by atoms with Gasteiger partial charge < -0.3 is 11.1 Å². The Labute approximate surface area is 131 Å². The lowest BCUT2D eigenvalue weighted by Gasteiger charge is -2.01. The number of benzene rings is 1. The Morgan fingerprint density at radius 3 is 2.77 bits per heavy atom. The van der Waals surface area contributed by atoms with Crippen LogP contribution in [-0.4, -0.2) is 27.2 Å². The first-order valence-corrected chi connectivity index (χ1v) is 7.59. The van der Waals surface area contributed by atoms with Crippen LogP contribution in [0.15, 0.2) is 41.9 Å². The summed E-state index contributed by atoms with van der Waals surface area (Å²) in [5.41, 5.74) is 9.01. The molecule has 3 N–H and O–H groups in total. The number of hydrogen-bond donors (Lipinski definition) is 2. The summed E-state index contributed by atoms with van der Waals surface area (Å²) in [6.45, 7) is -0.0515. The van der Waals surface area contributed by atoms with Gasteiger partial charge in [0.05, 0.1) is 17.9 Å². The summed E-state index contributed by atoms with van der Waals surface area (Å²) in [6.07, 6.45) is 1.91. The van der Waals surface area contributed by atoms with Gasteiger partial charge in [0.2, 0.25) is 5.91 Å². The molecule has 22 heavy (non-hydrogen) atoms. The van der Waals surface area contributed by atoms with E-state index in [2.05, 4.69) is 15.4 Å². The van der Waals surface area contributed by atoms with Crippen LogP contribution in [0.3, 0.4) is 0 Å². The fraction of sp³-hybridized carbons (Fsp3) is 0.133. The number of carbonyl (C=O) groups is 1. The maximum atomic E-state index is 11.3. The number of nitrogens with zero attached hydrogens (tertiary/aromatic N) is 3. The van der Waals surface area contributed by atoms with Crippen LogP contribution in [-0.2, 0) is 11.8 Å². The highest BCUT2D eigenvalue weighted by Crippen LogP contribution is 2.28. The molecule has 0 fully saturated rings. The van der Waals surface area contributed by atoms with Crippen LogP contribution in [0.4, 0.5) is 5.13 Å². The van der Waals surface area contributed by atoms with Crippen LogP contribution in [0.25, 0.3) is 22.5 Å². The second-order valence-electron chi connectivity index (χ2n) is 4.75. The van der Waals surface area contributed by atoms with Gasteiger partial charge in [-0.25, -0.2) is 4.98 Å². The smallest absolute Gasteiger partial charge is 0.239 e. The molecule has 0 aliphatic heterocycles. The monoisotopic (exact) mass is 313 g/mol. The van der Waals surface area contributed by atoms with E-state index in [1.807, 2.05) is 49.0 Å². The Balaban J connectivity index is 1.88. The highest BCUT2D eigenvalue weighted by Gasteiger charge is 2.09. The molecule has 3 aromatic rings. The van der Waals surface area contributed by atoms with Gasteiger partial charge in [-0.1, -0.05) is 18.2 Å². The molecule has 0 aliphatic rings. The van der Waals surface area contributed by atoms with Gasteiger partial charge in [0.15, 0.2) is 5.13 Å². The van der Waals surface area contributed by atoms with Crippen LogP contribution >= 0.6 is 11.3 Å². The molecule has 0 unspecified atom stereocenters. The molecule has 0 aliphatic carbocycles. The van der Waals surface area contributed by atoms with Crippen molar-refractivity contribution < 1.29 is 4.79 Å². The molecule has 0 atom stereocenters. The number of aryl methyl sites for hydroxylation is 1. The molecule has 6 nitrogen and oxygen atoms in total. The predicted octanol–water partition coefficient (Wildman–Crippen LogP) is 2.11. The SMILES string of the molecule is Cn1ccc(-c2cccc(-c3csc(NC(=O)CN)n3)c2)n1. The van der Waals surface area contributed by atoms with Gasteiger partial charge in [0, 0.05) is 29.8 Å². The molecule has 1 amide bonds. The summed E-state index contributed by atoms with van der Waals surface area (Å²) in [4.78, 5) is 15.7. The Morgan fingerprint density at radius 2 is 2.09 bits per heavy atom. The summed E-state index contributed by atoms with van der Waals surface area (Å²) < 4.78 is 1.77. The number of amides is 1. The first kappa shape index (κ1) is 14.4. The Bertz CT molecular complexity index is 808. The number of anilines is 1. The topological polar surface area (TPSA) is 85.8 Å². The number of rotatable bonds is 4. The van der Waals surface area contributed by atoms with Crippen molar-refractivity contribution in [1.82, 2.24) is 14.8 Å². The molecule has 2 aromatic heterocycles. The fourth-order valence-electron chi connectivity index (χ4n) is 2.04. The number of hydrogen-bond acceptors (Lipinski definition) is 5. The number of aromatic nitrogens is 3. The molecular weight excluding hydrogens is 298 g/mol. The predicted molar refractivity (Wildman–Crippen MR) is 87.4 cm³/mol. The summed E-state index contributed by atoms with van der Waals surface area (Å²) >= 11 is 1.38. The summed E-state index contributed by atoms with van der Waals surface area (Å²) in [5, 5.41) is 9.51. The number of thiazole rings is 1. The second kappa shape index (κ2) is 6.08. The minimum absolute atomic E-state index is 0.0515. The van der Waals surface area contributed by atoms with E-state index in [9.17, 15) is 4.79 Å². The van der Waals surface area contributed by atoms with Crippen molar-refractivity contribution >= 4 is 22.4 Å². The minimum atomic E-state index is -0.247. The van der Waals surface area contributed by atoms with Gasteiger partial charge in [-0.3, -0.25) is 9.48 Å². The van der Waals surface area contributed by atoms with Crippen LogP contribution in [0.1, 0.15) is 0 Å². The zero-order chi connectivity index (χ0) is 15.5. The number of carbonyl (C=O) groups excluding carboxylic acids is 1. The fourth-order valence-corrected chi connectivity index (χ4v) is 2.78. The van der Waals surface area contributed by atoms with Crippen molar-refractivity contribution in [2.24, 2.45) is 12.8 Å². The minimum Gasteiger partial charge on any atom is -0.322 e. The van der Waals surface area contributed by atoms with E-state index in [1.165, 1.54) is 11.3 Å². The Kier molecular flexibility index (Phi) is 3.99. The number of nitrogens with two attached hydrogens (primary N) is 1. The lowest BCUT2D eigenvalue weighted by Crippen LogP contribution is -2.21. The van der Waals surface area contributed by atoms with Gasteiger partial charge in [-0.05, 0) is 12.1 Å². The first-order chi connectivity index (χ1) is 10.7. The van der Waals surface area contributed by atoms with E-state index < -0.39 is 0 Å². The molecule has 3 rings (SSSR count). The maximum Gasteiger partial charge on any atom is 0.239 e. The van der Waals surface area contributed by atoms with Gasteiger partial charge in [-0.2, -0.15) is 5.10 Å². The lowest BCUT2D eigenvalue weighted by atomic mass is 10.1.